The molecule has 1 heterocycles. The van der Waals surface area contributed by atoms with Gasteiger partial charge < -0.3 is 20.9 Å². The maximum absolute atomic E-state index is 10.5. The Morgan fingerprint density at radius 3 is 2.69 bits per heavy atom. The lowest BCUT2D eigenvalue weighted by molar-refractivity contribution is 0.133. The van der Waals surface area contributed by atoms with Crippen molar-refractivity contribution in [3.8, 4) is 5.75 Å². The van der Waals surface area contributed by atoms with Crippen LogP contribution in [-0.4, -0.2) is 30.4 Å². The lowest BCUT2D eigenvalue weighted by Gasteiger charge is -2.29. The summed E-state index contributed by atoms with van der Waals surface area (Å²) in [5.41, 5.74) is 10.0. The third kappa shape index (κ3) is 4.09. The minimum atomic E-state index is -0.576. The molecular formula is C22H28N2O2. The summed E-state index contributed by atoms with van der Waals surface area (Å²) in [5, 5.41) is 14.0. The van der Waals surface area contributed by atoms with E-state index < -0.39 is 6.10 Å². The summed E-state index contributed by atoms with van der Waals surface area (Å²) in [4.78, 5) is 0. The third-order valence-corrected chi connectivity index (χ3v) is 5.50. The van der Waals surface area contributed by atoms with E-state index in [1.165, 1.54) is 24.0 Å². The second kappa shape index (κ2) is 7.78. The molecule has 0 amide bonds. The summed E-state index contributed by atoms with van der Waals surface area (Å²) < 4.78 is 5.81. The molecular weight excluding hydrogens is 324 g/mol. The van der Waals surface area contributed by atoms with Crippen LogP contribution >= 0.6 is 0 Å². The van der Waals surface area contributed by atoms with Gasteiger partial charge in [0, 0.05) is 30.6 Å². The van der Waals surface area contributed by atoms with E-state index >= 15 is 0 Å². The molecule has 26 heavy (non-hydrogen) atoms. The van der Waals surface area contributed by atoms with Crippen molar-refractivity contribution in [3.63, 3.8) is 0 Å². The van der Waals surface area contributed by atoms with Crippen molar-refractivity contribution in [1.29, 1.82) is 0 Å². The molecule has 3 atom stereocenters. The number of rotatable bonds is 7. The lowest BCUT2D eigenvalue weighted by Crippen LogP contribution is -2.44. The molecule has 138 valence electrons. The van der Waals surface area contributed by atoms with Crippen molar-refractivity contribution in [1.82, 2.24) is 5.32 Å². The minimum Gasteiger partial charge on any atom is -0.493 e. The standard InChI is InChI=1S/C22H28N2O2/c23-19(12-15-4-2-1-3-5-15)21(25)14-24-20-10-11-26-22-9-8-17(13-18(20)22)16-6-7-16/h1-5,8-9,13,16,19-21,24-25H,6-7,10-12,14,23H2/t19-,20-,21+/m0/s1. The van der Waals surface area contributed by atoms with Gasteiger partial charge in [0.2, 0.25) is 0 Å². The fourth-order valence-corrected chi connectivity index (χ4v) is 3.73. The Morgan fingerprint density at radius 2 is 1.92 bits per heavy atom. The highest BCUT2D eigenvalue weighted by Crippen LogP contribution is 2.43. The summed E-state index contributed by atoms with van der Waals surface area (Å²) in [7, 11) is 0. The lowest BCUT2D eigenvalue weighted by atomic mass is 9.96. The summed E-state index contributed by atoms with van der Waals surface area (Å²) in [6.07, 6.45) is 3.62. The van der Waals surface area contributed by atoms with Crippen LogP contribution < -0.4 is 15.8 Å². The van der Waals surface area contributed by atoms with Gasteiger partial charge in [0.25, 0.3) is 0 Å². The first-order chi connectivity index (χ1) is 12.7. The normalized spacial score (nSPS) is 21.5. The van der Waals surface area contributed by atoms with E-state index in [2.05, 4.69) is 23.5 Å². The number of ether oxygens (including phenoxy) is 1. The Bertz CT molecular complexity index is 730. The van der Waals surface area contributed by atoms with Gasteiger partial charge in [0.1, 0.15) is 5.75 Å². The van der Waals surface area contributed by atoms with E-state index in [1.807, 2.05) is 30.3 Å². The molecule has 2 aliphatic rings. The predicted octanol–water partition coefficient (Wildman–Crippen LogP) is 2.91. The fraction of sp³-hybridized carbons (Fsp3) is 0.455. The quantitative estimate of drug-likeness (QED) is 0.717. The summed E-state index contributed by atoms with van der Waals surface area (Å²) in [5.74, 6) is 1.70. The third-order valence-electron chi connectivity index (χ3n) is 5.50. The second-order valence-corrected chi connectivity index (χ2v) is 7.59. The Morgan fingerprint density at radius 1 is 1.12 bits per heavy atom. The second-order valence-electron chi connectivity index (χ2n) is 7.59. The van der Waals surface area contributed by atoms with E-state index in [4.69, 9.17) is 10.5 Å². The number of benzene rings is 2. The summed E-state index contributed by atoms with van der Waals surface area (Å²) in [6.45, 7) is 1.20. The molecule has 2 aromatic rings. The van der Waals surface area contributed by atoms with Crippen molar-refractivity contribution in [2.24, 2.45) is 5.73 Å². The topological polar surface area (TPSA) is 67.5 Å². The molecule has 4 rings (SSSR count). The molecule has 0 aromatic heterocycles. The number of nitrogens with two attached hydrogens (primary N) is 1. The van der Waals surface area contributed by atoms with Gasteiger partial charge in [-0.15, -0.1) is 0 Å². The average molecular weight is 352 g/mol. The van der Waals surface area contributed by atoms with E-state index in [1.54, 1.807) is 0 Å². The number of aliphatic hydroxyl groups excluding tert-OH is 1. The van der Waals surface area contributed by atoms with Crippen molar-refractivity contribution in [2.75, 3.05) is 13.2 Å². The minimum absolute atomic E-state index is 0.219. The number of hydrogen-bond acceptors (Lipinski definition) is 4. The molecule has 1 aliphatic heterocycles. The Balaban J connectivity index is 1.36. The van der Waals surface area contributed by atoms with Crippen LogP contribution in [0.5, 0.6) is 5.75 Å². The Kier molecular flexibility index (Phi) is 5.25. The van der Waals surface area contributed by atoms with Crippen molar-refractivity contribution in [3.05, 3.63) is 65.2 Å². The van der Waals surface area contributed by atoms with Gasteiger partial charge in [-0.3, -0.25) is 0 Å². The molecule has 0 spiro atoms. The SMILES string of the molecule is N[C@@H](Cc1ccccc1)[C@H](O)CN[C@H]1CCOc2ccc(C3CC3)cc21. The average Bonchev–Trinajstić information content (AvgIpc) is 3.51. The molecule has 0 radical (unpaired) electrons. The molecule has 0 bridgehead atoms. The predicted molar refractivity (Wildman–Crippen MR) is 103 cm³/mol. The van der Waals surface area contributed by atoms with Crippen molar-refractivity contribution < 1.29 is 9.84 Å². The molecule has 0 saturated heterocycles. The van der Waals surface area contributed by atoms with Crippen LogP contribution in [0, 0.1) is 0 Å². The van der Waals surface area contributed by atoms with Gasteiger partial charge in [-0.2, -0.15) is 0 Å². The number of nitrogens with one attached hydrogen (secondary N) is 1. The zero-order chi connectivity index (χ0) is 17.9. The Labute approximate surface area is 155 Å². The highest BCUT2D eigenvalue weighted by molar-refractivity contribution is 5.42. The van der Waals surface area contributed by atoms with Crippen LogP contribution in [-0.2, 0) is 6.42 Å². The number of aliphatic hydroxyl groups is 1. The largest absolute Gasteiger partial charge is 0.493 e. The monoisotopic (exact) mass is 352 g/mol. The molecule has 1 aliphatic carbocycles. The first-order valence-corrected chi connectivity index (χ1v) is 9.68. The molecule has 1 fully saturated rings. The first kappa shape index (κ1) is 17.5. The van der Waals surface area contributed by atoms with E-state index in [-0.39, 0.29) is 12.1 Å². The van der Waals surface area contributed by atoms with Crippen molar-refractivity contribution >= 4 is 0 Å². The van der Waals surface area contributed by atoms with Crippen LogP contribution in [0.4, 0.5) is 0 Å². The van der Waals surface area contributed by atoms with Crippen LogP contribution in [0.1, 0.15) is 47.9 Å². The van der Waals surface area contributed by atoms with Crippen LogP contribution in [0.15, 0.2) is 48.5 Å². The molecule has 4 nitrogen and oxygen atoms in total. The van der Waals surface area contributed by atoms with E-state index in [0.717, 1.165) is 23.7 Å². The van der Waals surface area contributed by atoms with Gasteiger partial charge in [0.15, 0.2) is 0 Å². The molecule has 0 unspecified atom stereocenters. The van der Waals surface area contributed by atoms with Gasteiger partial charge in [-0.05, 0) is 42.4 Å². The van der Waals surface area contributed by atoms with E-state index in [9.17, 15) is 5.11 Å². The smallest absolute Gasteiger partial charge is 0.124 e. The van der Waals surface area contributed by atoms with E-state index in [0.29, 0.717) is 19.6 Å². The maximum atomic E-state index is 10.5. The summed E-state index contributed by atoms with van der Waals surface area (Å²) >= 11 is 0. The molecule has 4 N–H and O–H groups in total. The zero-order valence-corrected chi connectivity index (χ0v) is 15.1. The fourth-order valence-electron chi connectivity index (χ4n) is 3.73. The van der Waals surface area contributed by atoms with Gasteiger partial charge in [0.05, 0.1) is 12.7 Å². The van der Waals surface area contributed by atoms with Crippen molar-refractivity contribution in [2.45, 2.75) is 49.8 Å². The zero-order valence-electron chi connectivity index (χ0n) is 15.1. The van der Waals surface area contributed by atoms with Crippen LogP contribution in [0.3, 0.4) is 0 Å². The van der Waals surface area contributed by atoms with Crippen LogP contribution in [0.2, 0.25) is 0 Å². The first-order valence-electron chi connectivity index (χ1n) is 9.68. The highest BCUT2D eigenvalue weighted by atomic mass is 16.5. The molecule has 4 heteroatoms. The number of fused-ring (bicyclic) bond motifs is 1. The maximum Gasteiger partial charge on any atom is 0.124 e. The van der Waals surface area contributed by atoms with Gasteiger partial charge >= 0.3 is 0 Å². The highest BCUT2D eigenvalue weighted by Gasteiger charge is 2.28. The molecule has 2 aromatic carbocycles. The van der Waals surface area contributed by atoms with Gasteiger partial charge in [-0.25, -0.2) is 0 Å². The van der Waals surface area contributed by atoms with Crippen LogP contribution in [0.25, 0.3) is 0 Å². The molecule has 1 saturated carbocycles. The summed E-state index contributed by atoms with van der Waals surface area (Å²) in [6, 6.07) is 16.6. The van der Waals surface area contributed by atoms with Gasteiger partial charge in [-0.1, -0.05) is 42.5 Å². The number of hydrogen-bond donors (Lipinski definition) is 3. The Hall–Kier alpha value is -1.88.